The maximum atomic E-state index is 12.3. The van der Waals surface area contributed by atoms with E-state index in [1.165, 1.54) is 0 Å². The van der Waals surface area contributed by atoms with Gasteiger partial charge in [0.25, 0.3) is 0 Å². The molecule has 0 bridgehead atoms. The highest BCUT2D eigenvalue weighted by Gasteiger charge is 2.46. The van der Waals surface area contributed by atoms with Crippen LogP contribution in [0.3, 0.4) is 0 Å². The quantitative estimate of drug-likeness (QED) is 0.692. The summed E-state index contributed by atoms with van der Waals surface area (Å²) in [6.45, 7) is 13.0. The fourth-order valence-corrected chi connectivity index (χ4v) is 6.21. The van der Waals surface area contributed by atoms with Crippen molar-refractivity contribution in [2.45, 2.75) is 78.6 Å². The Morgan fingerprint density at radius 3 is 2.11 bits per heavy atom. The molecule has 1 rings (SSSR count). The minimum atomic E-state index is -1.60. The highest BCUT2D eigenvalue weighted by atomic mass is 28.4. The molecule has 0 radical (unpaired) electrons. The molecule has 0 aliphatic heterocycles. The van der Waals surface area contributed by atoms with Crippen LogP contribution in [0.5, 0.6) is 0 Å². The minimum Gasteiger partial charge on any atom is -0.413 e. The molecule has 0 unspecified atom stereocenters. The zero-order valence-electron chi connectivity index (χ0n) is 13.0. The fourth-order valence-electron chi connectivity index (χ4n) is 3.20. The maximum Gasteiger partial charge on any atom is 0.192 e. The summed E-state index contributed by atoms with van der Waals surface area (Å²) in [5.41, 5.74) is -0.296. The number of ketones is 1. The molecule has 1 aliphatic rings. The topological polar surface area (TPSA) is 26.3 Å². The van der Waals surface area contributed by atoms with Crippen molar-refractivity contribution in [1.82, 2.24) is 0 Å². The predicted octanol–water partition coefficient (Wildman–Crippen LogP) is 4.40. The van der Waals surface area contributed by atoms with Crippen LogP contribution in [0.1, 0.15) is 54.4 Å². The Hall–Kier alpha value is -0.153. The summed E-state index contributed by atoms with van der Waals surface area (Å²) in [4.78, 5) is 12.3. The molecule has 1 saturated carbocycles. The van der Waals surface area contributed by atoms with Gasteiger partial charge in [-0.1, -0.05) is 41.5 Å². The van der Waals surface area contributed by atoms with E-state index >= 15 is 0 Å². The van der Waals surface area contributed by atoms with E-state index in [0.29, 0.717) is 5.78 Å². The summed E-state index contributed by atoms with van der Waals surface area (Å²) >= 11 is 0. The molecule has 0 aromatic carbocycles. The van der Waals surface area contributed by atoms with Crippen LogP contribution >= 0.6 is 0 Å². The smallest absolute Gasteiger partial charge is 0.192 e. The summed E-state index contributed by atoms with van der Waals surface area (Å²) in [6.07, 6.45) is 2.19. The second-order valence-corrected chi connectivity index (χ2v) is 11.1. The lowest BCUT2D eigenvalue weighted by Crippen LogP contribution is -2.51. The van der Waals surface area contributed by atoms with Crippen molar-refractivity contribution in [2.24, 2.45) is 11.3 Å². The predicted molar refractivity (Wildman–Crippen MR) is 79.3 cm³/mol. The highest BCUT2D eigenvalue weighted by Crippen LogP contribution is 2.40. The zero-order valence-corrected chi connectivity index (χ0v) is 14.0. The lowest BCUT2D eigenvalue weighted by Gasteiger charge is -2.44. The van der Waals surface area contributed by atoms with Gasteiger partial charge in [-0.15, -0.1) is 0 Å². The Kier molecular flexibility index (Phi) is 5.19. The molecule has 1 fully saturated rings. The molecule has 0 amide bonds. The summed E-state index contributed by atoms with van der Waals surface area (Å²) < 4.78 is 6.58. The van der Waals surface area contributed by atoms with Crippen LogP contribution in [-0.2, 0) is 9.22 Å². The van der Waals surface area contributed by atoms with Gasteiger partial charge in [-0.25, -0.2) is 0 Å². The molecule has 0 aromatic rings. The molecule has 18 heavy (non-hydrogen) atoms. The van der Waals surface area contributed by atoms with Gasteiger partial charge in [-0.05, 0) is 31.0 Å². The molecule has 1 aliphatic carbocycles. The first-order valence-corrected chi connectivity index (χ1v) is 10.1. The van der Waals surface area contributed by atoms with E-state index in [4.69, 9.17) is 4.43 Å². The zero-order chi connectivity index (χ0) is 14.0. The van der Waals surface area contributed by atoms with Gasteiger partial charge in [-0.2, -0.15) is 0 Å². The lowest BCUT2D eigenvalue weighted by molar-refractivity contribution is -0.140. The van der Waals surface area contributed by atoms with Crippen molar-refractivity contribution >= 4 is 14.1 Å². The summed E-state index contributed by atoms with van der Waals surface area (Å²) in [5, 5.41) is 0. The van der Waals surface area contributed by atoms with Gasteiger partial charge in [-0.3, -0.25) is 4.79 Å². The van der Waals surface area contributed by atoms with Crippen molar-refractivity contribution in [1.29, 1.82) is 0 Å². The lowest BCUT2D eigenvalue weighted by atomic mass is 9.69. The molecule has 2 atom stereocenters. The summed E-state index contributed by atoms with van der Waals surface area (Å²) in [6, 6.07) is 3.49. The third kappa shape index (κ3) is 2.88. The second-order valence-electron chi connectivity index (χ2n) is 6.41. The molecule has 0 N–H and O–H groups in total. The number of hydrogen-bond acceptors (Lipinski definition) is 2. The second kappa shape index (κ2) is 5.87. The summed E-state index contributed by atoms with van der Waals surface area (Å²) in [7, 11) is -1.60. The van der Waals surface area contributed by atoms with Gasteiger partial charge in [0.05, 0.1) is 6.10 Å². The van der Waals surface area contributed by atoms with Gasteiger partial charge < -0.3 is 4.43 Å². The van der Waals surface area contributed by atoms with Crippen molar-refractivity contribution in [3.63, 3.8) is 0 Å². The molecule has 106 valence electrons. The van der Waals surface area contributed by atoms with Crippen LogP contribution in [0.15, 0.2) is 0 Å². The van der Waals surface area contributed by atoms with E-state index in [1.807, 2.05) is 0 Å². The number of Topliss-reactive ketones (excluding diaryl/α,β-unsaturated/α-hetero) is 1. The molecular formula is C15H30O2Si. The third-order valence-corrected chi connectivity index (χ3v) is 9.73. The van der Waals surface area contributed by atoms with E-state index in [2.05, 4.69) is 41.5 Å². The number of rotatable bonds is 5. The molecule has 0 spiro atoms. The molecular weight excluding hydrogens is 240 g/mol. The van der Waals surface area contributed by atoms with E-state index in [-0.39, 0.29) is 17.4 Å². The Labute approximate surface area is 114 Å². The Morgan fingerprint density at radius 2 is 1.67 bits per heavy atom. The average Bonchev–Trinajstić information content (AvgIpc) is 2.37. The number of hydrogen-bond donors (Lipinski definition) is 0. The normalized spacial score (nSPS) is 28.4. The van der Waals surface area contributed by atoms with Crippen LogP contribution < -0.4 is 0 Å². The van der Waals surface area contributed by atoms with Crippen LogP contribution in [0.2, 0.25) is 18.1 Å². The molecule has 0 heterocycles. The van der Waals surface area contributed by atoms with Crippen molar-refractivity contribution < 1.29 is 9.22 Å². The van der Waals surface area contributed by atoms with Gasteiger partial charge in [0.2, 0.25) is 0 Å². The van der Waals surface area contributed by atoms with Crippen LogP contribution in [0.4, 0.5) is 0 Å². The maximum absolute atomic E-state index is 12.3. The average molecular weight is 270 g/mol. The SMILES string of the molecule is CC[Si](CC)(CC)O[C@H]1CC[C@@H](C)C(=O)C1(C)C. The van der Waals surface area contributed by atoms with Gasteiger partial charge in [0.1, 0.15) is 5.78 Å². The van der Waals surface area contributed by atoms with E-state index in [0.717, 1.165) is 31.0 Å². The van der Waals surface area contributed by atoms with Gasteiger partial charge >= 0.3 is 0 Å². The number of carbonyl (C=O) groups excluding carboxylic acids is 1. The number of carbonyl (C=O) groups is 1. The summed E-state index contributed by atoms with van der Waals surface area (Å²) in [5.74, 6) is 0.603. The molecule has 0 saturated heterocycles. The van der Waals surface area contributed by atoms with Crippen LogP contribution in [0.25, 0.3) is 0 Å². The van der Waals surface area contributed by atoms with E-state index in [9.17, 15) is 4.79 Å². The standard InChI is InChI=1S/C15H30O2Si/c1-7-18(8-2,9-3)17-13-11-10-12(4)14(16)15(13,5)6/h12-13H,7-11H2,1-6H3/t12-,13+/m1/s1. The molecule has 3 heteroatoms. The largest absolute Gasteiger partial charge is 0.413 e. The van der Waals surface area contributed by atoms with E-state index < -0.39 is 8.32 Å². The van der Waals surface area contributed by atoms with E-state index in [1.54, 1.807) is 0 Å². The Morgan fingerprint density at radius 1 is 1.17 bits per heavy atom. The first kappa shape index (κ1) is 15.9. The van der Waals surface area contributed by atoms with Crippen LogP contribution in [0, 0.1) is 11.3 Å². The molecule has 0 aromatic heterocycles. The van der Waals surface area contributed by atoms with Gasteiger partial charge in [0.15, 0.2) is 8.32 Å². The first-order valence-electron chi connectivity index (χ1n) is 7.55. The first-order chi connectivity index (χ1) is 8.33. The Balaban J connectivity index is 2.86. The monoisotopic (exact) mass is 270 g/mol. The van der Waals surface area contributed by atoms with Gasteiger partial charge in [0, 0.05) is 11.3 Å². The fraction of sp³-hybridized carbons (Fsp3) is 0.933. The van der Waals surface area contributed by atoms with Crippen molar-refractivity contribution in [2.75, 3.05) is 0 Å². The third-order valence-electron chi connectivity index (χ3n) is 5.07. The highest BCUT2D eigenvalue weighted by molar-refractivity contribution is 6.73. The van der Waals surface area contributed by atoms with Crippen molar-refractivity contribution in [3.05, 3.63) is 0 Å². The minimum absolute atomic E-state index is 0.146. The molecule has 2 nitrogen and oxygen atoms in total. The Bertz CT molecular complexity index is 287. The van der Waals surface area contributed by atoms with Crippen LogP contribution in [-0.4, -0.2) is 20.2 Å². The van der Waals surface area contributed by atoms with Crippen molar-refractivity contribution in [3.8, 4) is 0 Å².